The summed E-state index contributed by atoms with van der Waals surface area (Å²) < 4.78 is 24.3. The van der Waals surface area contributed by atoms with E-state index in [0.29, 0.717) is 34.9 Å². The minimum absolute atomic E-state index is 0.130. The SMILES string of the molecule is O=C(Nc1cccc(C(=O)Nc2ccc(F)cc2)c1)c1ccc(OCC2CCCO2)cc1. The molecular formula is C25H23FN2O4. The molecule has 1 aliphatic heterocycles. The Hall–Kier alpha value is -3.71. The number of hydrogen-bond acceptors (Lipinski definition) is 4. The molecule has 0 saturated carbocycles. The number of amides is 2. The molecule has 1 fully saturated rings. The Morgan fingerprint density at radius 2 is 1.62 bits per heavy atom. The van der Waals surface area contributed by atoms with E-state index in [4.69, 9.17) is 9.47 Å². The van der Waals surface area contributed by atoms with Gasteiger partial charge in [-0.3, -0.25) is 9.59 Å². The van der Waals surface area contributed by atoms with Gasteiger partial charge in [0.05, 0.1) is 6.10 Å². The molecule has 0 aliphatic carbocycles. The molecule has 164 valence electrons. The number of ether oxygens (including phenoxy) is 2. The van der Waals surface area contributed by atoms with Crippen LogP contribution in [0.2, 0.25) is 0 Å². The second kappa shape index (κ2) is 10.1. The highest BCUT2D eigenvalue weighted by molar-refractivity contribution is 6.07. The highest BCUT2D eigenvalue weighted by Crippen LogP contribution is 2.18. The summed E-state index contributed by atoms with van der Waals surface area (Å²) >= 11 is 0. The maximum atomic E-state index is 13.0. The predicted octanol–water partition coefficient (Wildman–Crippen LogP) is 4.89. The Kier molecular flexibility index (Phi) is 6.77. The van der Waals surface area contributed by atoms with Gasteiger partial charge in [0, 0.05) is 29.1 Å². The number of hydrogen-bond donors (Lipinski definition) is 2. The highest BCUT2D eigenvalue weighted by Gasteiger charge is 2.16. The number of carbonyl (C=O) groups excluding carboxylic acids is 2. The van der Waals surface area contributed by atoms with E-state index in [1.807, 2.05) is 0 Å². The van der Waals surface area contributed by atoms with E-state index in [-0.39, 0.29) is 23.7 Å². The second-order valence-corrected chi connectivity index (χ2v) is 7.47. The van der Waals surface area contributed by atoms with E-state index in [9.17, 15) is 14.0 Å². The molecule has 3 aromatic rings. The normalized spacial score (nSPS) is 15.2. The molecule has 0 radical (unpaired) electrons. The Balaban J connectivity index is 1.34. The van der Waals surface area contributed by atoms with Gasteiger partial charge >= 0.3 is 0 Å². The number of benzene rings is 3. The third-order valence-corrected chi connectivity index (χ3v) is 5.06. The molecule has 32 heavy (non-hydrogen) atoms. The van der Waals surface area contributed by atoms with Gasteiger partial charge in [-0.15, -0.1) is 0 Å². The summed E-state index contributed by atoms with van der Waals surface area (Å²) in [5, 5.41) is 5.49. The number of anilines is 2. The molecule has 0 aromatic heterocycles. The Labute approximate surface area is 185 Å². The zero-order chi connectivity index (χ0) is 22.3. The van der Waals surface area contributed by atoms with E-state index < -0.39 is 0 Å². The predicted molar refractivity (Wildman–Crippen MR) is 120 cm³/mol. The topological polar surface area (TPSA) is 76.7 Å². The van der Waals surface area contributed by atoms with Gasteiger partial charge < -0.3 is 20.1 Å². The van der Waals surface area contributed by atoms with Crippen LogP contribution >= 0.6 is 0 Å². The van der Waals surface area contributed by atoms with Crippen molar-refractivity contribution in [2.24, 2.45) is 0 Å². The minimum Gasteiger partial charge on any atom is -0.491 e. The largest absolute Gasteiger partial charge is 0.491 e. The van der Waals surface area contributed by atoms with E-state index in [2.05, 4.69) is 10.6 Å². The Morgan fingerprint density at radius 1 is 0.906 bits per heavy atom. The molecular weight excluding hydrogens is 411 g/mol. The minimum atomic E-state index is -0.380. The van der Waals surface area contributed by atoms with Crippen molar-refractivity contribution in [2.75, 3.05) is 23.8 Å². The maximum absolute atomic E-state index is 13.0. The molecule has 2 N–H and O–H groups in total. The molecule has 1 atom stereocenters. The molecule has 0 bridgehead atoms. The number of carbonyl (C=O) groups is 2. The van der Waals surface area contributed by atoms with Crippen LogP contribution < -0.4 is 15.4 Å². The third kappa shape index (κ3) is 5.70. The third-order valence-electron chi connectivity index (χ3n) is 5.06. The Morgan fingerprint density at radius 3 is 2.34 bits per heavy atom. The van der Waals surface area contributed by atoms with Crippen molar-refractivity contribution in [3.05, 3.63) is 89.7 Å². The Bertz CT molecular complexity index is 1080. The van der Waals surface area contributed by atoms with E-state index in [0.717, 1.165) is 19.4 Å². The number of rotatable bonds is 7. The van der Waals surface area contributed by atoms with Gasteiger partial charge in [0.25, 0.3) is 11.8 Å². The summed E-state index contributed by atoms with van der Waals surface area (Å²) in [6.07, 6.45) is 2.19. The average Bonchev–Trinajstić information content (AvgIpc) is 3.33. The first-order valence-corrected chi connectivity index (χ1v) is 10.4. The van der Waals surface area contributed by atoms with Crippen LogP contribution in [0, 0.1) is 5.82 Å². The molecule has 1 aliphatic rings. The summed E-state index contributed by atoms with van der Waals surface area (Å²) in [6.45, 7) is 1.28. The fraction of sp³-hybridized carbons (Fsp3) is 0.200. The zero-order valence-corrected chi connectivity index (χ0v) is 17.3. The van der Waals surface area contributed by atoms with Crippen molar-refractivity contribution < 1.29 is 23.5 Å². The smallest absolute Gasteiger partial charge is 0.255 e. The van der Waals surface area contributed by atoms with Crippen LogP contribution in [-0.4, -0.2) is 31.1 Å². The van der Waals surface area contributed by atoms with Crippen LogP contribution in [0.3, 0.4) is 0 Å². The van der Waals surface area contributed by atoms with Crippen molar-refractivity contribution in [1.29, 1.82) is 0 Å². The fourth-order valence-electron chi connectivity index (χ4n) is 3.35. The monoisotopic (exact) mass is 434 g/mol. The van der Waals surface area contributed by atoms with Crippen molar-refractivity contribution >= 4 is 23.2 Å². The molecule has 3 aromatic carbocycles. The molecule has 6 nitrogen and oxygen atoms in total. The van der Waals surface area contributed by atoms with Crippen molar-refractivity contribution in [3.63, 3.8) is 0 Å². The first kappa shape index (κ1) is 21.5. The fourth-order valence-corrected chi connectivity index (χ4v) is 3.35. The quantitative estimate of drug-likeness (QED) is 0.555. The lowest BCUT2D eigenvalue weighted by atomic mass is 10.1. The summed E-state index contributed by atoms with van der Waals surface area (Å²) in [4.78, 5) is 25.0. The molecule has 0 spiro atoms. The van der Waals surface area contributed by atoms with Crippen LogP contribution in [0.25, 0.3) is 0 Å². The van der Waals surface area contributed by atoms with Crippen LogP contribution in [0.4, 0.5) is 15.8 Å². The van der Waals surface area contributed by atoms with Gasteiger partial charge in [-0.25, -0.2) is 4.39 Å². The highest BCUT2D eigenvalue weighted by atomic mass is 19.1. The molecule has 1 unspecified atom stereocenters. The summed E-state index contributed by atoms with van der Waals surface area (Å²) in [7, 11) is 0. The van der Waals surface area contributed by atoms with Gasteiger partial charge in [-0.05, 0) is 79.6 Å². The van der Waals surface area contributed by atoms with E-state index in [1.54, 1.807) is 48.5 Å². The molecule has 7 heteroatoms. The van der Waals surface area contributed by atoms with Crippen LogP contribution in [0.15, 0.2) is 72.8 Å². The second-order valence-electron chi connectivity index (χ2n) is 7.47. The van der Waals surface area contributed by atoms with Gasteiger partial charge in [0.1, 0.15) is 18.2 Å². The molecule has 1 heterocycles. The first-order valence-electron chi connectivity index (χ1n) is 10.4. The van der Waals surface area contributed by atoms with E-state index in [1.165, 1.54) is 24.3 Å². The lowest BCUT2D eigenvalue weighted by Gasteiger charge is -2.12. The summed E-state index contributed by atoms with van der Waals surface area (Å²) in [5.74, 6) is -0.362. The molecule has 4 rings (SSSR count). The maximum Gasteiger partial charge on any atom is 0.255 e. The van der Waals surface area contributed by atoms with Gasteiger partial charge in [0.15, 0.2) is 0 Å². The summed E-state index contributed by atoms with van der Waals surface area (Å²) in [6, 6.07) is 19.0. The van der Waals surface area contributed by atoms with Gasteiger partial charge in [-0.2, -0.15) is 0 Å². The lowest BCUT2D eigenvalue weighted by molar-refractivity contribution is 0.0679. The number of nitrogens with one attached hydrogen (secondary N) is 2. The summed E-state index contributed by atoms with van der Waals surface area (Å²) in [5.41, 5.74) is 1.80. The average molecular weight is 434 g/mol. The van der Waals surface area contributed by atoms with Crippen LogP contribution in [0.5, 0.6) is 5.75 Å². The molecule has 1 saturated heterocycles. The number of halogens is 1. The van der Waals surface area contributed by atoms with Crippen molar-refractivity contribution in [3.8, 4) is 5.75 Å². The standard InChI is InChI=1S/C25H23FN2O4/c26-19-8-10-20(11-9-19)27-25(30)18-3-1-4-21(15-18)28-24(29)17-6-12-22(13-7-17)32-16-23-5-2-14-31-23/h1,3-4,6-13,15,23H,2,5,14,16H2,(H,27,30)(H,28,29). The van der Waals surface area contributed by atoms with Crippen molar-refractivity contribution in [2.45, 2.75) is 18.9 Å². The van der Waals surface area contributed by atoms with Crippen LogP contribution in [0.1, 0.15) is 33.6 Å². The first-order chi connectivity index (χ1) is 15.6. The lowest BCUT2D eigenvalue weighted by Crippen LogP contribution is -2.16. The zero-order valence-electron chi connectivity index (χ0n) is 17.3. The molecule has 2 amide bonds. The van der Waals surface area contributed by atoms with Gasteiger partial charge in [0.2, 0.25) is 0 Å². The van der Waals surface area contributed by atoms with Crippen molar-refractivity contribution in [1.82, 2.24) is 0 Å². The van der Waals surface area contributed by atoms with Crippen LogP contribution in [-0.2, 0) is 4.74 Å². The van der Waals surface area contributed by atoms with E-state index >= 15 is 0 Å². The van der Waals surface area contributed by atoms with Gasteiger partial charge in [-0.1, -0.05) is 6.07 Å².